The highest BCUT2D eigenvalue weighted by molar-refractivity contribution is 5.07. The second kappa shape index (κ2) is 4.40. The van der Waals surface area contributed by atoms with E-state index in [1.54, 1.807) is 0 Å². The Hall–Kier alpha value is -0.340. The lowest BCUT2D eigenvalue weighted by Gasteiger charge is -2.54. The van der Waals surface area contributed by atoms with Crippen LogP contribution in [0.5, 0.6) is 0 Å². The van der Waals surface area contributed by atoms with Gasteiger partial charge >= 0.3 is 0 Å². The molecular weight excluding hydrogens is 212 g/mol. The molecule has 0 aromatic rings. The first-order valence-electron chi connectivity index (χ1n) is 6.87. The molecule has 2 fully saturated rings. The van der Waals surface area contributed by atoms with Crippen LogP contribution in [0.3, 0.4) is 0 Å². The monoisotopic (exact) mass is 238 g/mol. The third kappa shape index (κ3) is 2.06. The molecule has 6 atom stereocenters. The summed E-state index contributed by atoms with van der Waals surface area (Å²) in [4.78, 5) is 0. The van der Waals surface area contributed by atoms with Crippen LogP contribution in [-0.4, -0.2) is 22.4 Å². The summed E-state index contributed by atoms with van der Waals surface area (Å²) in [5, 5.41) is 20.3. The minimum atomic E-state index is -0.547. The molecule has 2 heteroatoms. The highest BCUT2D eigenvalue weighted by atomic mass is 16.3. The maximum absolute atomic E-state index is 10.3. The van der Waals surface area contributed by atoms with Gasteiger partial charge in [0, 0.05) is 0 Å². The van der Waals surface area contributed by atoms with E-state index in [0.717, 1.165) is 25.7 Å². The lowest BCUT2D eigenvalue weighted by atomic mass is 9.53. The third-order valence-corrected chi connectivity index (χ3v) is 5.45. The molecule has 0 heterocycles. The van der Waals surface area contributed by atoms with Crippen molar-refractivity contribution >= 4 is 0 Å². The number of aliphatic hydroxyl groups is 2. The molecule has 98 valence electrons. The van der Waals surface area contributed by atoms with Crippen molar-refractivity contribution in [1.29, 1.82) is 0 Å². The van der Waals surface area contributed by atoms with E-state index < -0.39 is 12.2 Å². The zero-order chi connectivity index (χ0) is 12.8. The summed E-state index contributed by atoms with van der Waals surface area (Å²) in [7, 11) is 0. The molecule has 0 unspecified atom stereocenters. The van der Waals surface area contributed by atoms with Crippen molar-refractivity contribution in [3.8, 4) is 0 Å². The molecule has 0 bridgehead atoms. The lowest BCUT2D eigenvalue weighted by Crippen LogP contribution is -2.55. The summed E-state index contributed by atoms with van der Waals surface area (Å²) >= 11 is 0. The smallest absolute Gasteiger partial charge is 0.0855 e. The Labute approximate surface area is 105 Å². The highest BCUT2D eigenvalue weighted by Gasteiger charge is 2.52. The summed E-state index contributed by atoms with van der Waals surface area (Å²) < 4.78 is 0. The Kier molecular flexibility index (Phi) is 3.39. The second-order valence-electron chi connectivity index (χ2n) is 6.66. The van der Waals surface area contributed by atoms with Gasteiger partial charge in [0.05, 0.1) is 12.2 Å². The topological polar surface area (TPSA) is 40.5 Å². The molecule has 2 N–H and O–H groups in total. The van der Waals surface area contributed by atoms with Crippen molar-refractivity contribution in [3.05, 3.63) is 12.2 Å². The zero-order valence-electron chi connectivity index (χ0n) is 11.3. The van der Waals surface area contributed by atoms with E-state index in [2.05, 4.69) is 27.4 Å². The Morgan fingerprint density at radius 2 is 1.94 bits per heavy atom. The predicted molar refractivity (Wildman–Crippen MR) is 69.5 cm³/mol. The van der Waals surface area contributed by atoms with Crippen molar-refractivity contribution in [2.45, 2.75) is 58.7 Å². The van der Waals surface area contributed by atoms with E-state index >= 15 is 0 Å². The second-order valence-corrected chi connectivity index (χ2v) is 6.66. The molecule has 17 heavy (non-hydrogen) atoms. The number of aliphatic hydroxyl groups excluding tert-OH is 2. The largest absolute Gasteiger partial charge is 0.390 e. The van der Waals surface area contributed by atoms with Crippen molar-refractivity contribution < 1.29 is 10.2 Å². The maximum atomic E-state index is 10.3. The third-order valence-electron chi connectivity index (χ3n) is 5.45. The Morgan fingerprint density at radius 3 is 2.53 bits per heavy atom. The predicted octanol–water partition coefficient (Wildman–Crippen LogP) is 2.75. The molecule has 0 aromatic heterocycles. The van der Waals surface area contributed by atoms with Gasteiger partial charge in [-0.25, -0.2) is 0 Å². The molecular formula is C15H26O2. The van der Waals surface area contributed by atoms with Crippen LogP contribution in [0, 0.1) is 23.2 Å². The van der Waals surface area contributed by atoms with Gasteiger partial charge in [0.15, 0.2) is 0 Å². The van der Waals surface area contributed by atoms with E-state index in [4.69, 9.17) is 0 Å². The van der Waals surface area contributed by atoms with Gasteiger partial charge in [0.1, 0.15) is 0 Å². The standard InChI is InChI=1S/C15H26O2/c1-9(2)11-5-6-15(4)12(8-11)10(3)7-13(16)14(15)17/h10-14,16-17H,1,5-8H2,2-4H3/t10-,11+,12-,13-,14+,15+/m0/s1. The zero-order valence-corrected chi connectivity index (χ0v) is 11.3. The van der Waals surface area contributed by atoms with Gasteiger partial charge < -0.3 is 10.2 Å². The van der Waals surface area contributed by atoms with Crippen molar-refractivity contribution in [2.24, 2.45) is 23.2 Å². The van der Waals surface area contributed by atoms with Crippen LogP contribution in [0.1, 0.15) is 46.5 Å². The fraction of sp³-hybridized carbons (Fsp3) is 0.867. The first-order chi connectivity index (χ1) is 7.86. The van der Waals surface area contributed by atoms with Crippen LogP contribution in [0.15, 0.2) is 12.2 Å². The van der Waals surface area contributed by atoms with E-state index in [1.807, 2.05) is 0 Å². The van der Waals surface area contributed by atoms with Crippen LogP contribution >= 0.6 is 0 Å². The molecule has 2 aliphatic carbocycles. The van der Waals surface area contributed by atoms with Gasteiger partial charge in [-0.1, -0.05) is 26.0 Å². The van der Waals surface area contributed by atoms with Gasteiger partial charge in [0.2, 0.25) is 0 Å². The van der Waals surface area contributed by atoms with Gasteiger partial charge in [-0.05, 0) is 55.8 Å². The number of allylic oxidation sites excluding steroid dienone is 1. The SMILES string of the molecule is C=C(C)[C@@H]1CC[C@@]2(C)[C@H](O)[C@@H](O)C[C@H](C)[C@@H]2C1. The van der Waals surface area contributed by atoms with E-state index in [1.165, 1.54) is 5.57 Å². The average molecular weight is 238 g/mol. The van der Waals surface area contributed by atoms with Crippen LogP contribution < -0.4 is 0 Å². The van der Waals surface area contributed by atoms with Crippen molar-refractivity contribution in [3.63, 3.8) is 0 Å². The summed E-state index contributed by atoms with van der Waals surface area (Å²) in [5.74, 6) is 1.63. The minimum absolute atomic E-state index is 0.0942. The molecule has 0 aliphatic heterocycles. The lowest BCUT2D eigenvalue weighted by molar-refractivity contribution is -0.155. The Bertz CT molecular complexity index is 312. The molecule has 0 amide bonds. The molecule has 0 radical (unpaired) electrons. The normalized spacial score (nSPS) is 50.8. The summed E-state index contributed by atoms with van der Waals surface area (Å²) in [6, 6.07) is 0. The van der Waals surface area contributed by atoms with Gasteiger partial charge in [-0.2, -0.15) is 0 Å². The van der Waals surface area contributed by atoms with Gasteiger partial charge in [-0.15, -0.1) is 0 Å². The minimum Gasteiger partial charge on any atom is -0.390 e. The molecule has 0 aromatic carbocycles. The first-order valence-corrected chi connectivity index (χ1v) is 6.87. The maximum Gasteiger partial charge on any atom is 0.0855 e. The molecule has 2 aliphatic rings. The average Bonchev–Trinajstić information content (AvgIpc) is 2.26. The number of rotatable bonds is 1. The van der Waals surface area contributed by atoms with Crippen molar-refractivity contribution in [2.75, 3.05) is 0 Å². The molecule has 2 rings (SSSR count). The van der Waals surface area contributed by atoms with Crippen LogP contribution in [0.2, 0.25) is 0 Å². The number of hydrogen-bond acceptors (Lipinski definition) is 2. The van der Waals surface area contributed by atoms with Gasteiger partial charge in [-0.3, -0.25) is 0 Å². The molecule has 2 saturated carbocycles. The van der Waals surface area contributed by atoms with E-state index in [9.17, 15) is 10.2 Å². The van der Waals surface area contributed by atoms with Crippen LogP contribution in [-0.2, 0) is 0 Å². The van der Waals surface area contributed by atoms with E-state index in [0.29, 0.717) is 17.8 Å². The summed E-state index contributed by atoms with van der Waals surface area (Å²) in [6.45, 7) is 10.6. The molecule has 0 spiro atoms. The number of hydrogen-bond donors (Lipinski definition) is 2. The highest BCUT2D eigenvalue weighted by Crippen LogP contribution is 2.54. The quantitative estimate of drug-likeness (QED) is 0.690. The Balaban J connectivity index is 2.22. The summed E-state index contributed by atoms with van der Waals surface area (Å²) in [6.07, 6.45) is 2.92. The fourth-order valence-corrected chi connectivity index (χ4v) is 4.17. The van der Waals surface area contributed by atoms with Crippen LogP contribution in [0.25, 0.3) is 0 Å². The van der Waals surface area contributed by atoms with Crippen LogP contribution in [0.4, 0.5) is 0 Å². The van der Waals surface area contributed by atoms with Gasteiger partial charge in [0.25, 0.3) is 0 Å². The molecule has 0 saturated heterocycles. The Morgan fingerprint density at radius 1 is 1.29 bits per heavy atom. The first kappa shape index (κ1) is 13.1. The van der Waals surface area contributed by atoms with Crippen molar-refractivity contribution in [1.82, 2.24) is 0 Å². The number of fused-ring (bicyclic) bond motifs is 1. The summed E-state index contributed by atoms with van der Waals surface area (Å²) in [5.41, 5.74) is 1.18. The van der Waals surface area contributed by atoms with E-state index in [-0.39, 0.29) is 5.41 Å². The fourth-order valence-electron chi connectivity index (χ4n) is 4.17. The molecule has 2 nitrogen and oxygen atoms in total.